The Morgan fingerprint density at radius 3 is 2.86 bits per heavy atom. The van der Waals surface area contributed by atoms with Crippen molar-refractivity contribution in [3.05, 3.63) is 54.1 Å². The molecule has 4 heteroatoms. The molecule has 2 aromatic heterocycles. The number of nitrogens with zero attached hydrogens (tertiary/aromatic N) is 1. The average Bonchev–Trinajstić information content (AvgIpc) is 2.74. The summed E-state index contributed by atoms with van der Waals surface area (Å²) in [5.74, 6) is 5.50. The third-order valence-corrected chi connectivity index (χ3v) is 2.12. The van der Waals surface area contributed by atoms with E-state index in [1.54, 1.807) is 12.4 Å². The SMILES string of the molecule is NNC(c1cccnc1)c1ccc[nH]1. The molecule has 0 aliphatic rings. The molecule has 0 saturated carbocycles. The second-order valence-corrected chi connectivity index (χ2v) is 3.01. The Kier molecular flexibility index (Phi) is 2.58. The average molecular weight is 188 g/mol. The van der Waals surface area contributed by atoms with Crippen LogP contribution in [-0.4, -0.2) is 9.97 Å². The van der Waals surface area contributed by atoms with Gasteiger partial charge in [-0.1, -0.05) is 6.07 Å². The van der Waals surface area contributed by atoms with E-state index in [4.69, 9.17) is 5.84 Å². The molecule has 0 amide bonds. The monoisotopic (exact) mass is 188 g/mol. The van der Waals surface area contributed by atoms with E-state index in [1.807, 2.05) is 30.5 Å². The highest BCUT2D eigenvalue weighted by molar-refractivity contribution is 5.24. The van der Waals surface area contributed by atoms with Gasteiger partial charge in [0.1, 0.15) is 0 Å². The molecule has 0 aliphatic carbocycles. The van der Waals surface area contributed by atoms with Crippen molar-refractivity contribution in [1.82, 2.24) is 15.4 Å². The maximum atomic E-state index is 5.50. The van der Waals surface area contributed by atoms with Crippen molar-refractivity contribution in [1.29, 1.82) is 0 Å². The van der Waals surface area contributed by atoms with Gasteiger partial charge in [0.15, 0.2) is 0 Å². The Hall–Kier alpha value is -1.65. The first kappa shape index (κ1) is 8.93. The number of hydrogen-bond acceptors (Lipinski definition) is 3. The molecule has 1 unspecified atom stereocenters. The Balaban J connectivity index is 2.31. The predicted octanol–water partition coefficient (Wildman–Crippen LogP) is 0.962. The van der Waals surface area contributed by atoms with Crippen molar-refractivity contribution in [2.24, 2.45) is 5.84 Å². The minimum Gasteiger partial charge on any atom is -0.363 e. The second-order valence-electron chi connectivity index (χ2n) is 3.01. The van der Waals surface area contributed by atoms with Gasteiger partial charge in [0.2, 0.25) is 0 Å². The van der Waals surface area contributed by atoms with Crippen LogP contribution in [0, 0.1) is 0 Å². The number of hydrazine groups is 1. The maximum Gasteiger partial charge on any atom is 0.0874 e. The first-order valence-electron chi connectivity index (χ1n) is 4.41. The van der Waals surface area contributed by atoms with Crippen molar-refractivity contribution in [3.63, 3.8) is 0 Å². The molecule has 2 aromatic rings. The maximum absolute atomic E-state index is 5.50. The van der Waals surface area contributed by atoms with E-state index in [2.05, 4.69) is 15.4 Å². The Morgan fingerprint density at radius 1 is 1.36 bits per heavy atom. The van der Waals surface area contributed by atoms with Crippen LogP contribution in [0.15, 0.2) is 42.9 Å². The molecular weight excluding hydrogens is 176 g/mol. The number of aromatic nitrogens is 2. The van der Waals surface area contributed by atoms with Crippen LogP contribution in [0.3, 0.4) is 0 Å². The largest absolute Gasteiger partial charge is 0.363 e. The zero-order valence-electron chi connectivity index (χ0n) is 7.64. The summed E-state index contributed by atoms with van der Waals surface area (Å²) >= 11 is 0. The van der Waals surface area contributed by atoms with Gasteiger partial charge < -0.3 is 4.98 Å². The predicted molar refractivity (Wildman–Crippen MR) is 54.2 cm³/mol. The molecule has 0 spiro atoms. The number of aromatic amines is 1. The van der Waals surface area contributed by atoms with Gasteiger partial charge >= 0.3 is 0 Å². The topological polar surface area (TPSA) is 66.7 Å². The van der Waals surface area contributed by atoms with E-state index >= 15 is 0 Å². The molecule has 2 rings (SSSR count). The molecule has 0 saturated heterocycles. The first-order chi connectivity index (χ1) is 6.92. The Labute approximate surface area is 82.1 Å². The van der Waals surface area contributed by atoms with Crippen LogP contribution >= 0.6 is 0 Å². The third kappa shape index (κ3) is 1.66. The van der Waals surface area contributed by atoms with Crippen molar-refractivity contribution in [2.75, 3.05) is 0 Å². The lowest BCUT2D eigenvalue weighted by molar-refractivity contribution is 0.622. The summed E-state index contributed by atoms with van der Waals surface area (Å²) in [4.78, 5) is 7.17. The van der Waals surface area contributed by atoms with Crippen molar-refractivity contribution in [3.8, 4) is 0 Å². The van der Waals surface area contributed by atoms with Gasteiger partial charge in [0.25, 0.3) is 0 Å². The molecular formula is C10H12N4. The van der Waals surface area contributed by atoms with Gasteiger partial charge in [-0.3, -0.25) is 10.8 Å². The fraction of sp³-hybridized carbons (Fsp3) is 0.100. The van der Waals surface area contributed by atoms with Crippen LogP contribution in [-0.2, 0) is 0 Å². The minimum absolute atomic E-state index is 0.0290. The normalized spacial score (nSPS) is 12.6. The zero-order valence-corrected chi connectivity index (χ0v) is 7.64. The summed E-state index contributed by atoms with van der Waals surface area (Å²) < 4.78 is 0. The smallest absolute Gasteiger partial charge is 0.0874 e. The Bertz CT molecular complexity index is 368. The van der Waals surface area contributed by atoms with Gasteiger partial charge in [0.05, 0.1) is 6.04 Å². The van der Waals surface area contributed by atoms with E-state index in [1.165, 1.54) is 0 Å². The number of hydrogen-bond donors (Lipinski definition) is 3. The summed E-state index contributed by atoms with van der Waals surface area (Å²) in [6, 6.07) is 7.77. The Morgan fingerprint density at radius 2 is 2.29 bits per heavy atom. The van der Waals surface area contributed by atoms with Gasteiger partial charge in [-0.05, 0) is 23.8 Å². The summed E-state index contributed by atoms with van der Waals surface area (Å²) in [5.41, 5.74) is 4.82. The lowest BCUT2D eigenvalue weighted by atomic mass is 10.1. The second kappa shape index (κ2) is 4.04. The number of nitrogens with one attached hydrogen (secondary N) is 2. The van der Waals surface area contributed by atoms with E-state index in [-0.39, 0.29) is 6.04 Å². The van der Waals surface area contributed by atoms with E-state index < -0.39 is 0 Å². The van der Waals surface area contributed by atoms with Gasteiger partial charge in [-0.25, -0.2) is 5.43 Å². The number of H-pyrrole nitrogens is 1. The lowest BCUT2D eigenvalue weighted by Gasteiger charge is -2.13. The van der Waals surface area contributed by atoms with Crippen LogP contribution < -0.4 is 11.3 Å². The highest BCUT2D eigenvalue weighted by atomic mass is 15.2. The molecule has 0 fully saturated rings. The fourth-order valence-corrected chi connectivity index (χ4v) is 1.44. The molecule has 0 radical (unpaired) electrons. The molecule has 2 heterocycles. The van der Waals surface area contributed by atoms with Crippen LogP contribution in [0.25, 0.3) is 0 Å². The van der Waals surface area contributed by atoms with E-state index in [0.29, 0.717) is 0 Å². The molecule has 1 atom stereocenters. The summed E-state index contributed by atoms with van der Waals surface area (Å²) in [5, 5.41) is 0. The van der Waals surface area contributed by atoms with Crippen molar-refractivity contribution in [2.45, 2.75) is 6.04 Å². The molecule has 4 N–H and O–H groups in total. The molecule has 0 aromatic carbocycles. The van der Waals surface area contributed by atoms with Crippen LogP contribution in [0.1, 0.15) is 17.3 Å². The standard InChI is InChI=1S/C10H12N4/c11-14-10(9-4-2-6-13-9)8-3-1-5-12-7-8/h1-7,10,13-14H,11H2. The first-order valence-corrected chi connectivity index (χ1v) is 4.41. The number of rotatable bonds is 3. The molecule has 0 aliphatic heterocycles. The molecule has 0 bridgehead atoms. The summed E-state index contributed by atoms with van der Waals surface area (Å²) in [6.07, 6.45) is 5.41. The molecule has 72 valence electrons. The van der Waals surface area contributed by atoms with E-state index in [0.717, 1.165) is 11.3 Å². The highest BCUT2D eigenvalue weighted by Gasteiger charge is 2.12. The third-order valence-electron chi connectivity index (χ3n) is 2.12. The highest BCUT2D eigenvalue weighted by Crippen LogP contribution is 2.17. The fourth-order valence-electron chi connectivity index (χ4n) is 1.44. The van der Waals surface area contributed by atoms with E-state index in [9.17, 15) is 0 Å². The van der Waals surface area contributed by atoms with Gasteiger partial charge in [-0.2, -0.15) is 0 Å². The van der Waals surface area contributed by atoms with Crippen molar-refractivity contribution < 1.29 is 0 Å². The van der Waals surface area contributed by atoms with Crippen LogP contribution in [0.4, 0.5) is 0 Å². The molecule has 4 nitrogen and oxygen atoms in total. The van der Waals surface area contributed by atoms with Crippen LogP contribution in [0.2, 0.25) is 0 Å². The van der Waals surface area contributed by atoms with Crippen LogP contribution in [0.5, 0.6) is 0 Å². The van der Waals surface area contributed by atoms with Gasteiger partial charge in [0, 0.05) is 24.3 Å². The summed E-state index contributed by atoms with van der Waals surface area (Å²) in [6.45, 7) is 0. The summed E-state index contributed by atoms with van der Waals surface area (Å²) in [7, 11) is 0. The van der Waals surface area contributed by atoms with Gasteiger partial charge in [-0.15, -0.1) is 0 Å². The molecule has 14 heavy (non-hydrogen) atoms. The zero-order chi connectivity index (χ0) is 9.80. The minimum atomic E-state index is -0.0290. The lowest BCUT2D eigenvalue weighted by Crippen LogP contribution is -2.29. The number of pyridine rings is 1. The number of nitrogens with two attached hydrogens (primary N) is 1. The van der Waals surface area contributed by atoms with Crippen molar-refractivity contribution >= 4 is 0 Å². The quantitative estimate of drug-likeness (QED) is 0.496.